The monoisotopic (exact) mass is 234 g/mol. The van der Waals surface area contributed by atoms with Crippen LogP contribution in [0.3, 0.4) is 0 Å². The molecule has 2 heteroatoms. The number of benzene rings is 1. The molecule has 0 aromatic heterocycles. The summed E-state index contributed by atoms with van der Waals surface area (Å²) in [5.74, 6) is 0.142. The van der Waals surface area contributed by atoms with Gasteiger partial charge in [0.05, 0.1) is 12.7 Å². The molecular weight excluding hydrogens is 212 g/mol. The lowest BCUT2D eigenvalue weighted by molar-refractivity contribution is -0.143. The van der Waals surface area contributed by atoms with Crippen molar-refractivity contribution >= 4 is 0 Å². The second kappa shape index (κ2) is 5.19. The molecule has 0 aliphatic carbocycles. The summed E-state index contributed by atoms with van der Waals surface area (Å²) in [5, 5.41) is 0. The quantitative estimate of drug-likeness (QED) is 0.795. The zero-order chi connectivity index (χ0) is 12.3. The van der Waals surface area contributed by atoms with E-state index in [9.17, 15) is 0 Å². The van der Waals surface area contributed by atoms with Crippen molar-refractivity contribution in [2.24, 2.45) is 5.92 Å². The number of rotatable bonds is 4. The third-order valence-electron chi connectivity index (χ3n) is 3.40. The van der Waals surface area contributed by atoms with Gasteiger partial charge in [-0.05, 0) is 38.2 Å². The van der Waals surface area contributed by atoms with Crippen LogP contribution in [-0.2, 0) is 15.9 Å². The Bertz CT molecular complexity index is 345. The number of aryl methyl sites for hydroxylation is 1. The van der Waals surface area contributed by atoms with Gasteiger partial charge in [-0.15, -0.1) is 0 Å². The Balaban J connectivity index is 1.80. The van der Waals surface area contributed by atoms with E-state index in [1.165, 1.54) is 5.56 Å². The highest BCUT2D eigenvalue weighted by Gasteiger charge is 2.35. The molecule has 1 heterocycles. The molecule has 1 fully saturated rings. The van der Waals surface area contributed by atoms with E-state index in [2.05, 4.69) is 37.3 Å². The maximum absolute atomic E-state index is 5.88. The van der Waals surface area contributed by atoms with Gasteiger partial charge in [0, 0.05) is 0 Å². The minimum absolute atomic E-state index is 0.244. The van der Waals surface area contributed by atoms with Crippen molar-refractivity contribution in [1.82, 2.24) is 0 Å². The molecule has 0 radical (unpaired) electrons. The van der Waals surface area contributed by atoms with Gasteiger partial charge in [-0.3, -0.25) is 0 Å². The molecule has 0 spiro atoms. The molecule has 94 valence electrons. The van der Waals surface area contributed by atoms with Crippen LogP contribution >= 0.6 is 0 Å². The Kier molecular flexibility index (Phi) is 3.85. The minimum Gasteiger partial charge on any atom is -0.348 e. The highest BCUT2D eigenvalue weighted by Crippen LogP contribution is 2.28. The Morgan fingerprint density at radius 1 is 1.29 bits per heavy atom. The van der Waals surface area contributed by atoms with Crippen LogP contribution in [0.15, 0.2) is 30.3 Å². The smallest absolute Gasteiger partial charge is 0.163 e. The van der Waals surface area contributed by atoms with Crippen LogP contribution < -0.4 is 0 Å². The minimum atomic E-state index is -0.397. The summed E-state index contributed by atoms with van der Waals surface area (Å²) < 4.78 is 11.5. The van der Waals surface area contributed by atoms with Crippen LogP contribution in [0.4, 0.5) is 0 Å². The molecule has 1 aliphatic heterocycles. The lowest BCUT2D eigenvalue weighted by atomic mass is 9.96. The van der Waals surface area contributed by atoms with Crippen molar-refractivity contribution in [2.75, 3.05) is 6.61 Å². The summed E-state index contributed by atoms with van der Waals surface area (Å²) in [6, 6.07) is 10.6. The van der Waals surface area contributed by atoms with Crippen LogP contribution in [0.25, 0.3) is 0 Å². The molecule has 2 atom stereocenters. The zero-order valence-electron chi connectivity index (χ0n) is 11.0. The summed E-state index contributed by atoms with van der Waals surface area (Å²) >= 11 is 0. The van der Waals surface area contributed by atoms with E-state index >= 15 is 0 Å². The molecule has 0 saturated carbocycles. The predicted molar refractivity (Wildman–Crippen MR) is 68.8 cm³/mol. The van der Waals surface area contributed by atoms with E-state index in [-0.39, 0.29) is 6.10 Å². The maximum Gasteiger partial charge on any atom is 0.163 e. The van der Waals surface area contributed by atoms with Crippen LogP contribution in [0, 0.1) is 5.92 Å². The zero-order valence-corrected chi connectivity index (χ0v) is 11.0. The lowest BCUT2D eigenvalue weighted by Crippen LogP contribution is -2.25. The largest absolute Gasteiger partial charge is 0.348 e. The second-order valence-corrected chi connectivity index (χ2v) is 5.37. The topological polar surface area (TPSA) is 18.5 Å². The molecule has 1 aliphatic rings. The van der Waals surface area contributed by atoms with Gasteiger partial charge in [0.25, 0.3) is 0 Å². The third kappa shape index (κ3) is 3.55. The number of hydrogen-bond donors (Lipinski definition) is 0. The first-order valence-corrected chi connectivity index (χ1v) is 6.42. The SMILES string of the molecule is C[C@H](CCc1ccccc1)[C@@H]1COC(C)(C)O1. The van der Waals surface area contributed by atoms with Crippen molar-refractivity contribution in [1.29, 1.82) is 0 Å². The average molecular weight is 234 g/mol. The van der Waals surface area contributed by atoms with E-state index < -0.39 is 5.79 Å². The molecule has 1 saturated heterocycles. The molecular formula is C15H22O2. The molecule has 17 heavy (non-hydrogen) atoms. The fourth-order valence-corrected chi connectivity index (χ4v) is 2.22. The van der Waals surface area contributed by atoms with E-state index in [1.54, 1.807) is 0 Å². The van der Waals surface area contributed by atoms with Crippen molar-refractivity contribution in [3.05, 3.63) is 35.9 Å². The van der Waals surface area contributed by atoms with E-state index in [4.69, 9.17) is 9.47 Å². The Hall–Kier alpha value is -0.860. The van der Waals surface area contributed by atoms with Crippen molar-refractivity contribution in [3.63, 3.8) is 0 Å². The van der Waals surface area contributed by atoms with Gasteiger partial charge in [0.15, 0.2) is 5.79 Å². The first-order chi connectivity index (χ1) is 8.07. The number of hydrogen-bond acceptors (Lipinski definition) is 2. The summed E-state index contributed by atoms with van der Waals surface area (Å²) in [4.78, 5) is 0. The highest BCUT2D eigenvalue weighted by molar-refractivity contribution is 5.14. The summed E-state index contributed by atoms with van der Waals surface area (Å²) in [7, 11) is 0. The maximum atomic E-state index is 5.88. The van der Waals surface area contributed by atoms with Gasteiger partial charge in [-0.25, -0.2) is 0 Å². The predicted octanol–water partition coefficient (Wildman–Crippen LogP) is 3.41. The van der Waals surface area contributed by atoms with Crippen LogP contribution in [0.1, 0.15) is 32.8 Å². The van der Waals surface area contributed by atoms with Gasteiger partial charge in [0.2, 0.25) is 0 Å². The Labute approximate surface area is 104 Å². The molecule has 1 aromatic rings. The molecule has 2 rings (SSSR count). The third-order valence-corrected chi connectivity index (χ3v) is 3.40. The molecule has 0 amide bonds. The average Bonchev–Trinajstić information content (AvgIpc) is 2.68. The molecule has 1 aromatic carbocycles. The van der Waals surface area contributed by atoms with E-state index in [1.807, 2.05) is 13.8 Å². The fourth-order valence-electron chi connectivity index (χ4n) is 2.22. The molecule has 0 bridgehead atoms. The first kappa shape index (κ1) is 12.6. The Morgan fingerprint density at radius 2 is 2.00 bits per heavy atom. The van der Waals surface area contributed by atoms with Crippen LogP contribution in [0.2, 0.25) is 0 Å². The Morgan fingerprint density at radius 3 is 2.59 bits per heavy atom. The van der Waals surface area contributed by atoms with Gasteiger partial charge < -0.3 is 9.47 Å². The lowest BCUT2D eigenvalue weighted by Gasteiger charge is -2.21. The van der Waals surface area contributed by atoms with Crippen molar-refractivity contribution < 1.29 is 9.47 Å². The van der Waals surface area contributed by atoms with Gasteiger partial charge in [-0.2, -0.15) is 0 Å². The normalized spacial score (nSPS) is 24.8. The van der Waals surface area contributed by atoms with Crippen molar-refractivity contribution in [3.8, 4) is 0 Å². The van der Waals surface area contributed by atoms with Gasteiger partial charge in [0.1, 0.15) is 0 Å². The summed E-state index contributed by atoms with van der Waals surface area (Å²) in [6.07, 6.45) is 2.50. The van der Waals surface area contributed by atoms with E-state index in [0.29, 0.717) is 5.92 Å². The van der Waals surface area contributed by atoms with Crippen LogP contribution in [0.5, 0.6) is 0 Å². The second-order valence-electron chi connectivity index (χ2n) is 5.37. The van der Waals surface area contributed by atoms with Gasteiger partial charge >= 0.3 is 0 Å². The standard InChI is InChI=1S/C15H22O2/c1-12(14-11-16-15(2,3)17-14)9-10-13-7-5-4-6-8-13/h4-8,12,14H,9-11H2,1-3H3/t12-,14+/m1/s1. The molecule has 0 N–H and O–H groups in total. The molecule has 0 unspecified atom stereocenters. The van der Waals surface area contributed by atoms with Crippen LogP contribution in [-0.4, -0.2) is 18.5 Å². The number of ether oxygens (including phenoxy) is 2. The van der Waals surface area contributed by atoms with E-state index in [0.717, 1.165) is 19.4 Å². The highest BCUT2D eigenvalue weighted by atomic mass is 16.7. The first-order valence-electron chi connectivity index (χ1n) is 6.42. The molecule has 2 nitrogen and oxygen atoms in total. The van der Waals surface area contributed by atoms with Crippen molar-refractivity contribution in [2.45, 2.75) is 45.5 Å². The fraction of sp³-hybridized carbons (Fsp3) is 0.600. The van der Waals surface area contributed by atoms with Gasteiger partial charge in [-0.1, -0.05) is 37.3 Å². The summed E-state index contributed by atoms with van der Waals surface area (Å²) in [5.41, 5.74) is 1.40. The summed E-state index contributed by atoms with van der Waals surface area (Å²) in [6.45, 7) is 6.94.